The van der Waals surface area contributed by atoms with Crippen LogP contribution in [0.1, 0.15) is 29.5 Å². The van der Waals surface area contributed by atoms with E-state index in [1.54, 1.807) is 32.0 Å². The number of hydrogen-bond acceptors (Lipinski definition) is 4. The van der Waals surface area contributed by atoms with Gasteiger partial charge in [-0.3, -0.25) is 0 Å². The molecule has 2 aromatic carbocycles. The molecular formula is C20H25NO3S2. The molecule has 140 valence electrons. The Labute approximate surface area is 160 Å². The third-order valence-corrected chi connectivity index (χ3v) is 7.46. The third kappa shape index (κ3) is 3.92. The van der Waals surface area contributed by atoms with Crippen LogP contribution in [-0.4, -0.2) is 33.1 Å². The maximum Gasteiger partial charge on any atom is 0.243 e. The molecule has 0 heterocycles. The van der Waals surface area contributed by atoms with Crippen LogP contribution in [-0.2, 0) is 29.4 Å². The lowest BCUT2D eigenvalue weighted by Gasteiger charge is -2.21. The number of sulfonamides is 1. The van der Waals surface area contributed by atoms with Crippen LogP contribution in [0.2, 0.25) is 0 Å². The zero-order valence-electron chi connectivity index (χ0n) is 15.5. The largest absolute Gasteiger partial charge is 0.496 e. The second-order valence-electron chi connectivity index (χ2n) is 6.59. The molecule has 0 aromatic heterocycles. The Kier molecular flexibility index (Phi) is 5.95. The van der Waals surface area contributed by atoms with Crippen LogP contribution in [0.4, 0.5) is 0 Å². The van der Waals surface area contributed by atoms with E-state index in [1.165, 1.54) is 21.9 Å². The molecule has 0 amide bonds. The molecule has 0 aliphatic heterocycles. The van der Waals surface area contributed by atoms with Gasteiger partial charge in [0.05, 0.1) is 12.0 Å². The Morgan fingerprint density at radius 1 is 1.08 bits per heavy atom. The van der Waals surface area contributed by atoms with Gasteiger partial charge in [-0.05, 0) is 72.9 Å². The Hall–Kier alpha value is -1.50. The maximum absolute atomic E-state index is 13.0. The quantitative estimate of drug-likeness (QED) is 0.695. The Morgan fingerprint density at radius 2 is 1.81 bits per heavy atom. The number of methoxy groups -OCH3 is 1. The number of hydrogen-bond donors (Lipinski definition) is 0. The molecule has 4 nitrogen and oxygen atoms in total. The van der Waals surface area contributed by atoms with Crippen molar-refractivity contribution in [1.29, 1.82) is 0 Å². The highest BCUT2D eigenvalue weighted by molar-refractivity contribution is 7.98. The van der Waals surface area contributed by atoms with Gasteiger partial charge in [0.1, 0.15) is 5.75 Å². The third-order valence-electron chi connectivity index (χ3n) is 4.88. The molecule has 0 saturated heterocycles. The molecule has 0 spiro atoms. The van der Waals surface area contributed by atoms with Crippen LogP contribution in [0.5, 0.6) is 5.75 Å². The average molecular weight is 392 g/mol. The summed E-state index contributed by atoms with van der Waals surface area (Å²) in [6.45, 7) is 0.310. The molecule has 0 bridgehead atoms. The zero-order valence-corrected chi connectivity index (χ0v) is 17.1. The van der Waals surface area contributed by atoms with Crippen molar-refractivity contribution in [3.05, 3.63) is 53.1 Å². The van der Waals surface area contributed by atoms with E-state index in [1.807, 2.05) is 36.6 Å². The summed E-state index contributed by atoms with van der Waals surface area (Å²) in [6, 6.07) is 11.4. The first-order valence-electron chi connectivity index (χ1n) is 8.74. The lowest BCUT2D eigenvalue weighted by molar-refractivity contribution is 0.402. The standard InChI is InChI=1S/C20H25NO3S2/c1-21(14-15-8-11-20(25-3)19(12-15)24-2)26(22,23)18-10-9-16-6-4-5-7-17(16)13-18/h8-13H,4-7,14H2,1-3H3. The minimum Gasteiger partial charge on any atom is -0.496 e. The number of aryl methyl sites for hydroxylation is 2. The Bertz CT molecular complexity index is 894. The van der Waals surface area contributed by atoms with Crippen molar-refractivity contribution in [2.75, 3.05) is 20.4 Å². The van der Waals surface area contributed by atoms with Crippen LogP contribution >= 0.6 is 11.8 Å². The van der Waals surface area contributed by atoms with Gasteiger partial charge in [0.25, 0.3) is 0 Å². The summed E-state index contributed by atoms with van der Waals surface area (Å²) in [4.78, 5) is 1.42. The van der Waals surface area contributed by atoms with E-state index >= 15 is 0 Å². The molecule has 0 saturated carbocycles. The minimum atomic E-state index is -3.52. The predicted molar refractivity (Wildman–Crippen MR) is 107 cm³/mol. The topological polar surface area (TPSA) is 46.6 Å². The van der Waals surface area contributed by atoms with Crippen molar-refractivity contribution >= 4 is 21.8 Å². The minimum absolute atomic E-state index is 0.310. The van der Waals surface area contributed by atoms with Crippen molar-refractivity contribution in [2.24, 2.45) is 0 Å². The van der Waals surface area contributed by atoms with Gasteiger partial charge in [-0.25, -0.2) is 8.42 Å². The van der Waals surface area contributed by atoms with Crippen LogP contribution in [0, 0.1) is 0 Å². The summed E-state index contributed by atoms with van der Waals surface area (Å²) in [5.74, 6) is 0.773. The lowest BCUT2D eigenvalue weighted by Crippen LogP contribution is -2.26. The highest BCUT2D eigenvalue weighted by atomic mass is 32.2. The molecular weight excluding hydrogens is 366 g/mol. The predicted octanol–water partition coefficient (Wildman–Crippen LogP) is 4.12. The number of benzene rings is 2. The maximum atomic E-state index is 13.0. The highest BCUT2D eigenvalue weighted by Crippen LogP contribution is 2.30. The fraction of sp³-hybridized carbons (Fsp3) is 0.400. The molecule has 0 N–H and O–H groups in total. The van der Waals surface area contributed by atoms with Gasteiger partial charge in [0.15, 0.2) is 0 Å². The molecule has 1 aliphatic carbocycles. The van der Waals surface area contributed by atoms with Crippen molar-refractivity contribution < 1.29 is 13.2 Å². The molecule has 0 fully saturated rings. The monoisotopic (exact) mass is 391 g/mol. The average Bonchev–Trinajstić information content (AvgIpc) is 2.67. The molecule has 0 atom stereocenters. The summed E-state index contributed by atoms with van der Waals surface area (Å²) in [5.41, 5.74) is 3.37. The van der Waals surface area contributed by atoms with E-state index in [0.29, 0.717) is 11.4 Å². The van der Waals surface area contributed by atoms with E-state index in [2.05, 4.69) is 0 Å². The molecule has 0 unspecified atom stereocenters. The molecule has 3 rings (SSSR count). The number of thioether (sulfide) groups is 1. The smallest absolute Gasteiger partial charge is 0.243 e. The van der Waals surface area contributed by atoms with E-state index in [4.69, 9.17) is 4.74 Å². The fourth-order valence-corrected chi connectivity index (χ4v) is 5.13. The van der Waals surface area contributed by atoms with E-state index in [9.17, 15) is 8.42 Å². The second-order valence-corrected chi connectivity index (χ2v) is 9.48. The van der Waals surface area contributed by atoms with Crippen LogP contribution in [0.15, 0.2) is 46.2 Å². The van der Waals surface area contributed by atoms with Crippen molar-refractivity contribution in [2.45, 2.75) is 42.0 Å². The molecule has 26 heavy (non-hydrogen) atoms. The van der Waals surface area contributed by atoms with Crippen molar-refractivity contribution in [3.63, 3.8) is 0 Å². The summed E-state index contributed by atoms with van der Waals surface area (Å²) < 4.78 is 32.8. The van der Waals surface area contributed by atoms with Crippen LogP contribution in [0.3, 0.4) is 0 Å². The van der Waals surface area contributed by atoms with E-state index < -0.39 is 10.0 Å². The van der Waals surface area contributed by atoms with Gasteiger partial charge in [0.2, 0.25) is 10.0 Å². The Balaban J connectivity index is 1.83. The van der Waals surface area contributed by atoms with Crippen molar-refractivity contribution in [3.8, 4) is 5.75 Å². The second kappa shape index (κ2) is 8.03. The normalized spacial score (nSPS) is 14.3. The first kappa shape index (κ1) is 19.3. The number of ether oxygens (including phenoxy) is 1. The van der Waals surface area contributed by atoms with Gasteiger partial charge >= 0.3 is 0 Å². The van der Waals surface area contributed by atoms with Crippen molar-refractivity contribution in [1.82, 2.24) is 4.31 Å². The number of fused-ring (bicyclic) bond motifs is 1. The fourth-order valence-electron chi connectivity index (χ4n) is 3.37. The number of rotatable bonds is 6. The summed E-state index contributed by atoms with van der Waals surface area (Å²) in [7, 11) is -0.259. The highest BCUT2D eigenvalue weighted by Gasteiger charge is 2.23. The van der Waals surface area contributed by atoms with Gasteiger partial charge in [-0.15, -0.1) is 11.8 Å². The van der Waals surface area contributed by atoms with Gasteiger partial charge < -0.3 is 4.74 Å². The van der Waals surface area contributed by atoms with E-state index in [0.717, 1.165) is 35.5 Å². The molecule has 1 aliphatic rings. The SMILES string of the molecule is COc1cc(CN(C)S(=O)(=O)c2ccc3c(c2)CCCC3)ccc1SC. The first-order chi connectivity index (χ1) is 12.5. The Morgan fingerprint density at radius 3 is 2.50 bits per heavy atom. The molecule has 0 radical (unpaired) electrons. The van der Waals surface area contributed by atoms with Gasteiger partial charge in [0, 0.05) is 18.5 Å². The number of nitrogens with zero attached hydrogens (tertiary/aromatic N) is 1. The summed E-state index contributed by atoms with van der Waals surface area (Å²) in [6.07, 6.45) is 6.33. The molecule has 2 aromatic rings. The lowest BCUT2D eigenvalue weighted by atomic mass is 9.92. The zero-order chi connectivity index (χ0) is 18.7. The van der Waals surface area contributed by atoms with E-state index in [-0.39, 0.29) is 0 Å². The van der Waals surface area contributed by atoms with Gasteiger partial charge in [-0.1, -0.05) is 12.1 Å². The van der Waals surface area contributed by atoms with Crippen LogP contribution < -0.4 is 4.74 Å². The van der Waals surface area contributed by atoms with Gasteiger partial charge in [-0.2, -0.15) is 4.31 Å². The van der Waals surface area contributed by atoms with Crippen LogP contribution in [0.25, 0.3) is 0 Å². The summed E-state index contributed by atoms with van der Waals surface area (Å²) >= 11 is 1.61. The summed E-state index contributed by atoms with van der Waals surface area (Å²) in [5, 5.41) is 0. The molecule has 6 heteroatoms. The first-order valence-corrected chi connectivity index (χ1v) is 11.4.